The summed E-state index contributed by atoms with van der Waals surface area (Å²) in [5.74, 6) is 0.615. The highest BCUT2D eigenvalue weighted by molar-refractivity contribution is 5.50. The van der Waals surface area contributed by atoms with Crippen LogP contribution in [0.15, 0.2) is 12.1 Å². The van der Waals surface area contributed by atoms with Crippen LogP contribution in [-0.2, 0) is 6.42 Å². The van der Waals surface area contributed by atoms with Crippen LogP contribution in [-0.4, -0.2) is 17.3 Å². The van der Waals surface area contributed by atoms with Gasteiger partial charge in [0.25, 0.3) is 0 Å². The van der Waals surface area contributed by atoms with Crippen molar-refractivity contribution in [1.82, 2.24) is 0 Å². The number of unbranched alkanes of at least 4 members (excludes halogenated alkanes) is 2. The Labute approximate surface area is 90.3 Å². The van der Waals surface area contributed by atoms with Gasteiger partial charge in [0, 0.05) is 11.6 Å². The maximum absolute atomic E-state index is 9.78. The average molecular weight is 210 g/mol. The van der Waals surface area contributed by atoms with Gasteiger partial charge < -0.3 is 14.9 Å². The predicted molar refractivity (Wildman–Crippen MR) is 59.6 cm³/mol. The second-order valence-corrected chi connectivity index (χ2v) is 3.61. The first-order chi connectivity index (χ1) is 7.19. The minimum atomic E-state index is 0.135. The Hall–Kier alpha value is -1.38. The summed E-state index contributed by atoms with van der Waals surface area (Å²) in [7, 11) is 1.48. The quantitative estimate of drug-likeness (QED) is 0.580. The molecule has 0 aliphatic heterocycles. The van der Waals surface area contributed by atoms with Crippen molar-refractivity contribution in [2.45, 2.75) is 32.6 Å². The van der Waals surface area contributed by atoms with Crippen LogP contribution in [0.4, 0.5) is 0 Å². The van der Waals surface area contributed by atoms with Crippen molar-refractivity contribution >= 4 is 0 Å². The van der Waals surface area contributed by atoms with E-state index in [4.69, 9.17) is 4.74 Å². The van der Waals surface area contributed by atoms with Crippen LogP contribution >= 0.6 is 0 Å². The van der Waals surface area contributed by atoms with Crippen molar-refractivity contribution in [2.24, 2.45) is 0 Å². The minimum Gasteiger partial charge on any atom is -0.508 e. The van der Waals surface area contributed by atoms with Crippen molar-refractivity contribution in [3.63, 3.8) is 0 Å². The van der Waals surface area contributed by atoms with E-state index >= 15 is 0 Å². The van der Waals surface area contributed by atoms with Gasteiger partial charge in [0.2, 0.25) is 0 Å². The average Bonchev–Trinajstić information content (AvgIpc) is 2.23. The van der Waals surface area contributed by atoms with Crippen LogP contribution in [0.5, 0.6) is 17.2 Å². The molecular weight excluding hydrogens is 192 g/mol. The van der Waals surface area contributed by atoms with Crippen LogP contribution < -0.4 is 4.74 Å². The number of phenols is 2. The van der Waals surface area contributed by atoms with Gasteiger partial charge in [0.15, 0.2) is 11.5 Å². The molecule has 0 bridgehead atoms. The number of aromatic hydroxyl groups is 2. The third-order valence-corrected chi connectivity index (χ3v) is 2.41. The van der Waals surface area contributed by atoms with E-state index in [-0.39, 0.29) is 11.5 Å². The van der Waals surface area contributed by atoms with Crippen molar-refractivity contribution in [1.29, 1.82) is 0 Å². The topological polar surface area (TPSA) is 49.7 Å². The number of rotatable bonds is 5. The van der Waals surface area contributed by atoms with E-state index < -0.39 is 0 Å². The molecule has 3 heteroatoms. The van der Waals surface area contributed by atoms with E-state index in [0.29, 0.717) is 5.75 Å². The largest absolute Gasteiger partial charge is 0.508 e. The molecule has 3 nitrogen and oxygen atoms in total. The first-order valence-corrected chi connectivity index (χ1v) is 5.27. The number of methoxy groups -OCH3 is 1. The smallest absolute Gasteiger partial charge is 0.164 e. The third-order valence-electron chi connectivity index (χ3n) is 2.41. The number of benzene rings is 1. The van der Waals surface area contributed by atoms with Gasteiger partial charge in [0.05, 0.1) is 7.11 Å². The van der Waals surface area contributed by atoms with Crippen LogP contribution in [0.25, 0.3) is 0 Å². The van der Waals surface area contributed by atoms with Gasteiger partial charge in [-0.2, -0.15) is 0 Å². The lowest BCUT2D eigenvalue weighted by Gasteiger charge is -2.09. The maximum Gasteiger partial charge on any atom is 0.164 e. The third kappa shape index (κ3) is 3.05. The molecule has 0 saturated carbocycles. The first kappa shape index (κ1) is 11.7. The van der Waals surface area contributed by atoms with E-state index in [2.05, 4.69) is 6.92 Å². The van der Waals surface area contributed by atoms with E-state index in [1.165, 1.54) is 13.2 Å². The van der Waals surface area contributed by atoms with E-state index in [0.717, 1.165) is 31.2 Å². The number of hydrogen-bond acceptors (Lipinski definition) is 3. The summed E-state index contributed by atoms with van der Waals surface area (Å²) in [6.45, 7) is 2.13. The molecule has 0 unspecified atom stereocenters. The Balaban J connectivity index is 2.81. The molecule has 2 N–H and O–H groups in total. The van der Waals surface area contributed by atoms with Gasteiger partial charge in [-0.1, -0.05) is 19.8 Å². The highest BCUT2D eigenvalue weighted by Gasteiger charge is 2.09. The zero-order valence-corrected chi connectivity index (χ0v) is 9.29. The second-order valence-electron chi connectivity index (χ2n) is 3.61. The number of ether oxygens (including phenoxy) is 1. The summed E-state index contributed by atoms with van der Waals surface area (Å²) in [5.41, 5.74) is 0.750. The summed E-state index contributed by atoms with van der Waals surface area (Å²) in [5, 5.41) is 19.2. The summed E-state index contributed by atoms with van der Waals surface area (Å²) in [4.78, 5) is 0. The lowest BCUT2D eigenvalue weighted by Crippen LogP contribution is -1.90. The van der Waals surface area contributed by atoms with Crippen molar-refractivity contribution in [2.75, 3.05) is 7.11 Å². The Morgan fingerprint density at radius 2 is 1.93 bits per heavy atom. The van der Waals surface area contributed by atoms with Crippen molar-refractivity contribution in [3.8, 4) is 17.2 Å². The van der Waals surface area contributed by atoms with Gasteiger partial charge in [-0.3, -0.25) is 0 Å². The summed E-state index contributed by atoms with van der Waals surface area (Å²) >= 11 is 0. The van der Waals surface area contributed by atoms with Gasteiger partial charge in [-0.05, 0) is 18.9 Å². The highest BCUT2D eigenvalue weighted by atomic mass is 16.5. The summed E-state index contributed by atoms with van der Waals surface area (Å²) in [6.07, 6.45) is 4.04. The molecule has 0 aliphatic rings. The van der Waals surface area contributed by atoms with Crippen molar-refractivity contribution < 1.29 is 14.9 Å². The lowest BCUT2D eigenvalue weighted by molar-refractivity contribution is 0.365. The van der Waals surface area contributed by atoms with Crippen LogP contribution in [0.1, 0.15) is 31.7 Å². The Morgan fingerprint density at radius 3 is 2.53 bits per heavy atom. The van der Waals surface area contributed by atoms with Gasteiger partial charge in [0.1, 0.15) is 5.75 Å². The molecule has 1 aromatic rings. The van der Waals surface area contributed by atoms with E-state index in [1.54, 1.807) is 6.07 Å². The molecule has 0 amide bonds. The minimum absolute atomic E-state index is 0.135. The molecule has 15 heavy (non-hydrogen) atoms. The molecule has 0 spiro atoms. The maximum atomic E-state index is 9.78. The molecule has 0 aromatic heterocycles. The molecule has 1 rings (SSSR count). The van der Waals surface area contributed by atoms with Crippen LogP contribution in [0, 0.1) is 0 Å². The van der Waals surface area contributed by atoms with Gasteiger partial charge in [-0.15, -0.1) is 0 Å². The Kier molecular flexibility index (Phi) is 4.28. The zero-order chi connectivity index (χ0) is 11.3. The zero-order valence-electron chi connectivity index (χ0n) is 9.29. The van der Waals surface area contributed by atoms with Crippen LogP contribution in [0.3, 0.4) is 0 Å². The Bertz CT molecular complexity index is 321. The molecular formula is C12H18O3. The van der Waals surface area contributed by atoms with E-state index in [1.807, 2.05) is 0 Å². The predicted octanol–water partition coefficient (Wildman–Crippen LogP) is 2.84. The van der Waals surface area contributed by atoms with Gasteiger partial charge >= 0.3 is 0 Å². The highest BCUT2D eigenvalue weighted by Crippen LogP contribution is 2.34. The standard InChI is InChI=1S/C12H18O3/c1-3-4-5-6-9-7-10(13)8-11(15-2)12(9)14/h7-8,13-14H,3-6H2,1-2H3. The van der Waals surface area contributed by atoms with Crippen molar-refractivity contribution in [3.05, 3.63) is 17.7 Å². The molecule has 84 valence electrons. The molecule has 0 fully saturated rings. The number of aryl methyl sites for hydroxylation is 1. The molecule has 1 aromatic carbocycles. The lowest BCUT2D eigenvalue weighted by atomic mass is 10.1. The first-order valence-electron chi connectivity index (χ1n) is 5.27. The fourth-order valence-electron chi connectivity index (χ4n) is 1.56. The van der Waals surface area contributed by atoms with Crippen LogP contribution in [0.2, 0.25) is 0 Å². The normalized spacial score (nSPS) is 10.3. The monoisotopic (exact) mass is 210 g/mol. The number of phenolic OH excluding ortho intramolecular Hbond substituents is 2. The summed E-state index contributed by atoms with van der Waals surface area (Å²) < 4.78 is 4.96. The van der Waals surface area contributed by atoms with Gasteiger partial charge in [-0.25, -0.2) is 0 Å². The summed E-state index contributed by atoms with van der Waals surface area (Å²) in [6, 6.07) is 3.01. The van der Waals surface area contributed by atoms with E-state index in [9.17, 15) is 10.2 Å². The molecule has 0 aliphatic carbocycles. The Morgan fingerprint density at radius 1 is 1.20 bits per heavy atom. The number of hydrogen-bond donors (Lipinski definition) is 2. The fraction of sp³-hybridized carbons (Fsp3) is 0.500. The SMILES string of the molecule is CCCCCc1cc(O)cc(OC)c1O. The molecule has 0 saturated heterocycles. The molecule has 0 atom stereocenters. The molecule has 0 heterocycles. The molecule has 0 radical (unpaired) electrons. The fourth-order valence-corrected chi connectivity index (χ4v) is 1.56. The second kappa shape index (κ2) is 5.49.